The lowest BCUT2D eigenvalue weighted by Gasteiger charge is -2.25. The molecule has 0 fully saturated rings. The lowest BCUT2D eigenvalue weighted by Crippen LogP contribution is -2.42. The second-order valence-corrected chi connectivity index (χ2v) is 6.34. The minimum absolute atomic E-state index is 0.113. The van der Waals surface area contributed by atoms with Crippen molar-refractivity contribution in [2.45, 2.75) is 52.7 Å². The van der Waals surface area contributed by atoms with Crippen molar-refractivity contribution >= 4 is 12.1 Å². The number of carbonyl (C=O) groups is 2. The van der Waals surface area contributed by atoms with E-state index in [0.29, 0.717) is 6.42 Å². The lowest BCUT2D eigenvalue weighted by molar-refractivity contribution is -0.143. The van der Waals surface area contributed by atoms with Crippen molar-refractivity contribution in [1.29, 1.82) is 0 Å². The van der Waals surface area contributed by atoms with Crippen LogP contribution in [-0.2, 0) is 20.9 Å². The molecule has 0 heterocycles. The summed E-state index contributed by atoms with van der Waals surface area (Å²) in [5.74, 6) is -0.450. The first-order chi connectivity index (χ1) is 10.9. The molecule has 5 nitrogen and oxygen atoms in total. The largest absolute Gasteiger partial charge is 0.467 e. The van der Waals surface area contributed by atoms with E-state index in [2.05, 4.69) is 26.1 Å². The molecule has 1 rings (SSSR count). The first kappa shape index (κ1) is 19.0. The van der Waals surface area contributed by atoms with E-state index in [4.69, 9.17) is 9.47 Å². The highest BCUT2D eigenvalue weighted by molar-refractivity contribution is 5.81. The zero-order valence-electron chi connectivity index (χ0n) is 14.4. The monoisotopic (exact) mass is 321 g/mol. The molecule has 0 saturated heterocycles. The van der Waals surface area contributed by atoms with Gasteiger partial charge in [0.15, 0.2) is 0 Å². The van der Waals surface area contributed by atoms with Gasteiger partial charge in [0.05, 0.1) is 7.11 Å². The molecule has 0 bridgehead atoms. The van der Waals surface area contributed by atoms with Gasteiger partial charge in [0.25, 0.3) is 0 Å². The number of methoxy groups -OCH3 is 1. The van der Waals surface area contributed by atoms with Crippen molar-refractivity contribution in [2.75, 3.05) is 7.11 Å². The molecule has 23 heavy (non-hydrogen) atoms. The van der Waals surface area contributed by atoms with Gasteiger partial charge in [-0.3, -0.25) is 0 Å². The van der Waals surface area contributed by atoms with E-state index in [9.17, 15) is 9.59 Å². The van der Waals surface area contributed by atoms with E-state index in [1.165, 1.54) is 7.11 Å². The number of carbonyl (C=O) groups excluding carboxylic acids is 2. The van der Waals surface area contributed by atoms with Crippen LogP contribution in [-0.4, -0.2) is 25.2 Å². The van der Waals surface area contributed by atoms with E-state index < -0.39 is 18.1 Å². The van der Waals surface area contributed by atoms with Gasteiger partial charge in [0, 0.05) is 0 Å². The SMILES string of the molecule is CCC(C)(C)CC[C@H](NC(=O)OCc1ccccc1)C(=O)OC. The Bertz CT molecular complexity index is 499. The lowest BCUT2D eigenvalue weighted by atomic mass is 9.84. The Morgan fingerprint density at radius 3 is 2.43 bits per heavy atom. The van der Waals surface area contributed by atoms with E-state index >= 15 is 0 Å². The Morgan fingerprint density at radius 2 is 1.87 bits per heavy atom. The van der Waals surface area contributed by atoms with Gasteiger partial charge in [0.1, 0.15) is 12.6 Å². The summed E-state index contributed by atoms with van der Waals surface area (Å²) < 4.78 is 9.92. The smallest absolute Gasteiger partial charge is 0.408 e. The van der Waals surface area contributed by atoms with Gasteiger partial charge in [-0.05, 0) is 23.8 Å². The van der Waals surface area contributed by atoms with E-state index in [1.807, 2.05) is 30.3 Å². The number of ether oxygens (including phenoxy) is 2. The fourth-order valence-corrected chi connectivity index (χ4v) is 2.01. The number of benzene rings is 1. The first-order valence-electron chi connectivity index (χ1n) is 7.93. The van der Waals surface area contributed by atoms with Crippen LogP contribution in [0.1, 0.15) is 45.6 Å². The van der Waals surface area contributed by atoms with Crippen molar-refractivity contribution in [2.24, 2.45) is 5.41 Å². The van der Waals surface area contributed by atoms with Gasteiger partial charge in [-0.15, -0.1) is 0 Å². The second kappa shape index (κ2) is 9.18. The van der Waals surface area contributed by atoms with Gasteiger partial charge in [0.2, 0.25) is 0 Å². The molecule has 0 radical (unpaired) electrons. The quantitative estimate of drug-likeness (QED) is 0.742. The zero-order chi connectivity index (χ0) is 17.3. The molecule has 0 saturated carbocycles. The van der Waals surface area contributed by atoms with Gasteiger partial charge < -0.3 is 14.8 Å². The predicted molar refractivity (Wildman–Crippen MR) is 88.9 cm³/mol. The summed E-state index contributed by atoms with van der Waals surface area (Å²) in [6.07, 6.45) is 1.72. The molecule has 128 valence electrons. The number of amides is 1. The summed E-state index contributed by atoms with van der Waals surface area (Å²) in [4.78, 5) is 23.7. The highest BCUT2D eigenvalue weighted by Crippen LogP contribution is 2.27. The number of esters is 1. The highest BCUT2D eigenvalue weighted by Gasteiger charge is 2.25. The predicted octanol–water partition coefficient (Wildman–Crippen LogP) is 3.67. The summed E-state index contributed by atoms with van der Waals surface area (Å²) in [5, 5.41) is 2.60. The average Bonchev–Trinajstić information content (AvgIpc) is 2.57. The van der Waals surface area contributed by atoms with Crippen LogP contribution in [0.5, 0.6) is 0 Å². The maximum Gasteiger partial charge on any atom is 0.408 e. The molecule has 0 aliphatic carbocycles. The average molecular weight is 321 g/mol. The van der Waals surface area contributed by atoms with Crippen molar-refractivity contribution in [3.8, 4) is 0 Å². The topological polar surface area (TPSA) is 64.6 Å². The summed E-state index contributed by atoms with van der Waals surface area (Å²) in [5.41, 5.74) is 1.01. The van der Waals surface area contributed by atoms with Gasteiger partial charge in [-0.1, -0.05) is 57.5 Å². The minimum Gasteiger partial charge on any atom is -0.467 e. The number of alkyl carbamates (subject to hydrolysis) is 1. The second-order valence-electron chi connectivity index (χ2n) is 6.34. The molecule has 0 aliphatic rings. The maximum atomic E-state index is 11.9. The number of hydrogen-bond acceptors (Lipinski definition) is 4. The summed E-state index contributed by atoms with van der Waals surface area (Å²) in [6.45, 7) is 6.54. The molecule has 1 aromatic carbocycles. The van der Waals surface area contributed by atoms with Crippen LogP contribution in [0.15, 0.2) is 30.3 Å². The standard InChI is InChI=1S/C18H27NO4/c1-5-18(2,3)12-11-15(16(20)22-4)19-17(21)23-13-14-9-7-6-8-10-14/h6-10,15H,5,11-13H2,1-4H3,(H,19,21)/t15-/m0/s1. The Balaban J connectivity index is 2.52. The van der Waals surface area contributed by atoms with Gasteiger partial charge in [-0.25, -0.2) is 9.59 Å². The number of nitrogens with one attached hydrogen (secondary N) is 1. The maximum absolute atomic E-state index is 11.9. The summed E-state index contributed by atoms with van der Waals surface area (Å²) in [6, 6.07) is 8.70. The van der Waals surface area contributed by atoms with Crippen molar-refractivity contribution in [1.82, 2.24) is 5.32 Å². The summed E-state index contributed by atoms with van der Waals surface area (Å²) >= 11 is 0. The van der Waals surface area contributed by atoms with Gasteiger partial charge >= 0.3 is 12.1 Å². The van der Waals surface area contributed by atoms with Gasteiger partial charge in [-0.2, -0.15) is 0 Å². The van der Waals surface area contributed by atoms with Crippen molar-refractivity contribution in [3.05, 3.63) is 35.9 Å². The molecular formula is C18H27NO4. The van der Waals surface area contributed by atoms with Crippen molar-refractivity contribution in [3.63, 3.8) is 0 Å². The molecule has 0 aromatic heterocycles. The molecule has 0 spiro atoms. The molecule has 0 unspecified atom stereocenters. The third-order valence-electron chi connectivity index (χ3n) is 4.06. The molecule has 1 amide bonds. The molecule has 1 aromatic rings. The Morgan fingerprint density at radius 1 is 1.22 bits per heavy atom. The Kier molecular flexibility index (Phi) is 7.59. The van der Waals surface area contributed by atoms with Crippen LogP contribution in [0.4, 0.5) is 4.79 Å². The molecule has 1 N–H and O–H groups in total. The first-order valence-corrected chi connectivity index (χ1v) is 7.93. The van der Waals surface area contributed by atoms with Crippen LogP contribution in [0.25, 0.3) is 0 Å². The minimum atomic E-state index is -0.686. The normalized spacial score (nSPS) is 12.3. The van der Waals surface area contributed by atoms with Crippen LogP contribution < -0.4 is 5.32 Å². The van der Waals surface area contributed by atoms with E-state index in [1.54, 1.807) is 0 Å². The number of hydrogen-bond donors (Lipinski definition) is 1. The Labute approximate surface area is 138 Å². The van der Waals surface area contributed by atoms with Crippen LogP contribution in [0.3, 0.4) is 0 Å². The van der Waals surface area contributed by atoms with E-state index in [-0.39, 0.29) is 12.0 Å². The highest BCUT2D eigenvalue weighted by atomic mass is 16.6. The number of rotatable bonds is 8. The fourth-order valence-electron chi connectivity index (χ4n) is 2.01. The van der Waals surface area contributed by atoms with Crippen LogP contribution >= 0.6 is 0 Å². The fraction of sp³-hybridized carbons (Fsp3) is 0.556. The Hall–Kier alpha value is -2.04. The van der Waals surface area contributed by atoms with Crippen molar-refractivity contribution < 1.29 is 19.1 Å². The molecule has 0 aliphatic heterocycles. The molecular weight excluding hydrogens is 294 g/mol. The molecule has 1 atom stereocenters. The third kappa shape index (κ3) is 7.17. The third-order valence-corrected chi connectivity index (χ3v) is 4.06. The van der Waals surface area contributed by atoms with Crippen LogP contribution in [0.2, 0.25) is 0 Å². The van der Waals surface area contributed by atoms with Crippen LogP contribution in [0, 0.1) is 5.41 Å². The zero-order valence-corrected chi connectivity index (χ0v) is 14.4. The van der Waals surface area contributed by atoms with E-state index in [0.717, 1.165) is 18.4 Å². The summed E-state index contributed by atoms with van der Waals surface area (Å²) in [7, 11) is 1.32. The molecule has 5 heteroatoms.